The van der Waals surface area contributed by atoms with Crippen molar-refractivity contribution >= 4 is 5.78 Å². The van der Waals surface area contributed by atoms with Crippen molar-refractivity contribution in [2.24, 2.45) is 16.7 Å². The lowest BCUT2D eigenvalue weighted by molar-refractivity contribution is -0.131. The van der Waals surface area contributed by atoms with Crippen LogP contribution in [0.1, 0.15) is 47.5 Å². The zero-order valence-corrected chi connectivity index (χ0v) is 8.90. The molecule has 1 nitrogen and oxygen atoms in total. The van der Waals surface area contributed by atoms with Crippen LogP contribution in [0.5, 0.6) is 0 Å². The number of hydrogen-bond acceptors (Lipinski definition) is 1. The van der Waals surface area contributed by atoms with Crippen LogP contribution < -0.4 is 0 Å². The van der Waals surface area contributed by atoms with Crippen molar-refractivity contribution in [1.29, 1.82) is 0 Å². The predicted octanol–water partition coefficient (Wildman–Crippen LogP) is 3.04. The van der Waals surface area contributed by atoms with E-state index in [4.69, 9.17) is 0 Å². The normalized spacial score (nSPS) is 39.9. The molecule has 0 amide bonds. The minimum Gasteiger partial charge on any atom is -0.299 e. The van der Waals surface area contributed by atoms with Crippen LogP contribution in [0.15, 0.2) is 0 Å². The minimum absolute atomic E-state index is 0.0770. The van der Waals surface area contributed by atoms with Gasteiger partial charge in [-0.2, -0.15) is 0 Å². The van der Waals surface area contributed by atoms with Crippen LogP contribution >= 0.6 is 0 Å². The summed E-state index contributed by atoms with van der Waals surface area (Å²) in [4.78, 5) is 11.5. The summed E-state index contributed by atoms with van der Waals surface area (Å²) in [5, 5.41) is 0. The Morgan fingerprint density at radius 3 is 2.00 bits per heavy atom. The van der Waals surface area contributed by atoms with Crippen LogP contribution in [0.25, 0.3) is 0 Å². The lowest BCUT2D eigenvalue weighted by atomic mass is 9.64. The van der Waals surface area contributed by atoms with E-state index in [0.717, 1.165) is 6.42 Å². The quantitative estimate of drug-likeness (QED) is 0.588. The summed E-state index contributed by atoms with van der Waals surface area (Å²) in [5.41, 5.74) is 0.102. The Balaban J connectivity index is 3.01. The van der Waals surface area contributed by atoms with E-state index in [9.17, 15) is 4.79 Å². The van der Waals surface area contributed by atoms with Crippen molar-refractivity contribution in [2.45, 2.75) is 47.5 Å². The highest BCUT2D eigenvalue weighted by Gasteiger charge is 2.52. The summed E-state index contributed by atoms with van der Waals surface area (Å²) < 4.78 is 0. The van der Waals surface area contributed by atoms with E-state index in [1.807, 2.05) is 0 Å². The molecule has 1 saturated carbocycles. The third-order valence-electron chi connectivity index (χ3n) is 4.51. The molecule has 12 heavy (non-hydrogen) atoms. The molecule has 0 heterocycles. The number of ketones is 1. The van der Waals surface area contributed by atoms with Crippen molar-refractivity contribution in [3.05, 3.63) is 0 Å². The Labute approximate surface area is 75.5 Å². The van der Waals surface area contributed by atoms with Crippen molar-refractivity contribution < 1.29 is 4.79 Å². The van der Waals surface area contributed by atoms with Gasteiger partial charge in [0, 0.05) is 5.41 Å². The fourth-order valence-electron chi connectivity index (χ4n) is 2.36. The van der Waals surface area contributed by atoms with Gasteiger partial charge in [0.05, 0.1) is 0 Å². The predicted molar refractivity (Wildman–Crippen MR) is 51.0 cm³/mol. The molecule has 0 saturated heterocycles. The molecule has 0 N–H and O–H groups in total. The van der Waals surface area contributed by atoms with E-state index in [2.05, 4.69) is 27.7 Å². The third-order valence-corrected chi connectivity index (χ3v) is 4.51. The second-order valence-electron chi connectivity index (χ2n) is 5.05. The van der Waals surface area contributed by atoms with Gasteiger partial charge in [0.15, 0.2) is 0 Å². The molecule has 2 atom stereocenters. The molecule has 0 aromatic rings. The highest BCUT2D eigenvalue weighted by molar-refractivity contribution is 5.83. The van der Waals surface area contributed by atoms with Gasteiger partial charge in [-0.25, -0.2) is 0 Å². The van der Waals surface area contributed by atoms with Crippen LogP contribution in [0.2, 0.25) is 0 Å². The lowest BCUT2D eigenvalue weighted by Crippen LogP contribution is -2.38. The molecule has 0 aliphatic heterocycles. The molecular weight excluding hydrogens is 148 g/mol. The van der Waals surface area contributed by atoms with Gasteiger partial charge in [0.25, 0.3) is 0 Å². The summed E-state index contributed by atoms with van der Waals surface area (Å²) in [6.07, 6.45) is 2.26. The molecule has 0 radical (unpaired) electrons. The molecule has 0 aromatic carbocycles. The SMILES string of the molecule is CC(=O)[C@]1(C)CC[C@@H](C)C1(C)C. The summed E-state index contributed by atoms with van der Waals surface area (Å²) in [5.74, 6) is 1.03. The fraction of sp³-hybridized carbons (Fsp3) is 0.909. The van der Waals surface area contributed by atoms with Gasteiger partial charge in [-0.3, -0.25) is 4.79 Å². The van der Waals surface area contributed by atoms with Gasteiger partial charge >= 0.3 is 0 Å². The van der Waals surface area contributed by atoms with Gasteiger partial charge in [-0.1, -0.05) is 27.7 Å². The van der Waals surface area contributed by atoms with E-state index in [1.165, 1.54) is 6.42 Å². The van der Waals surface area contributed by atoms with Crippen LogP contribution in [-0.2, 0) is 4.79 Å². The van der Waals surface area contributed by atoms with Gasteiger partial charge in [-0.15, -0.1) is 0 Å². The maximum atomic E-state index is 11.5. The Hall–Kier alpha value is -0.330. The first-order valence-corrected chi connectivity index (χ1v) is 4.83. The Kier molecular flexibility index (Phi) is 2.10. The minimum atomic E-state index is -0.0770. The average Bonchev–Trinajstić information content (AvgIpc) is 2.15. The standard InChI is InChI=1S/C11H20O/c1-8-6-7-11(5,9(2)12)10(8,3)4/h8H,6-7H2,1-5H3/t8-,11+/m1/s1. The molecule has 1 rings (SSSR count). The van der Waals surface area contributed by atoms with Gasteiger partial charge in [0.2, 0.25) is 0 Å². The first kappa shape index (κ1) is 9.76. The van der Waals surface area contributed by atoms with E-state index in [0.29, 0.717) is 11.7 Å². The van der Waals surface area contributed by atoms with E-state index >= 15 is 0 Å². The number of Topliss-reactive ketones (excluding diaryl/α,β-unsaturated/α-hetero) is 1. The molecule has 0 spiro atoms. The number of rotatable bonds is 1. The van der Waals surface area contributed by atoms with Gasteiger partial charge in [0.1, 0.15) is 5.78 Å². The maximum absolute atomic E-state index is 11.5. The smallest absolute Gasteiger partial charge is 0.136 e. The topological polar surface area (TPSA) is 17.1 Å². The van der Waals surface area contributed by atoms with Crippen molar-refractivity contribution in [1.82, 2.24) is 0 Å². The van der Waals surface area contributed by atoms with Crippen LogP contribution in [0.4, 0.5) is 0 Å². The summed E-state index contributed by atoms with van der Waals surface area (Å²) in [6.45, 7) is 10.6. The molecule has 1 fully saturated rings. The lowest BCUT2D eigenvalue weighted by Gasteiger charge is -2.38. The molecule has 0 bridgehead atoms. The van der Waals surface area contributed by atoms with Crippen LogP contribution in [-0.4, -0.2) is 5.78 Å². The monoisotopic (exact) mass is 168 g/mol. The van der Waals surface area contributed by atoms with Gasteiger partial charge in [-0.05, 0) is 31.1 Å². The van der Waals surface area contributed by atoms with Crippen LogP contribution in [0, 0.1) is 16.7 Å². The van der Waals surface area contributed by atoms with Crippen LogP contribution in [0.3, 0.4) is 0 Å². The molecule has 1 aliphatic rings. The van der Waals surface area contributed by atoms with E-state index in [-0.39, 0.29) is 10.8 Å². The second-order valence-corrected chi connectivity index (χ2v) is 5.05. The third kappa shape index (κ3) is 1.02. The highest BCUT2D eigenvalue weighted by atomic mass is 16.1. The van der Waals surface area contributed by atoms with E-state index < -0.39 is 0 Å². The first-order valence-electron chi connectivity index (χ1n) is 4.83. The van der Waals surface area contributed by atoms with Crippen molar-refractivity contribution in [2.75, 3.05) is 0 Å². The number of hydrogen-bond donors (Lipinski definition) is 0. The largest absolute Gasteiger partial charge is 0.299 e. The highest BCUT2D eigenvalue weighted by Crippen LogP contribution is 2.55. The Bertz CT molecular complexity index is 205. The summed E-state index contributed by atoms with van der Waals surface area (Å²) >= 11 is 0. The summed E-state index contributed by atoms with van der Waals surface area (Å²) in [7, 11) is 0. The van der Waals surface area contributed by atoms with Crippen molar-refractivity contribution in [3.63, 3.8) is 0 Å². The Morgan fingerprint density at radius 2 is 1.83 bits per heavy atom. The average molecular weight is 168 g/mol. The summed E-state index contributed by atoms with van der Waals surface area (Å²) in [6, 6.07) is 0. The fourth-order valence-corrected chi connectivity index (χ4v) is 2.36. The zero-order valence-electron chi connectivity index (χ0n) is 8.90. The van der Waals surface area contributed by atoms with E-state index in [1.54, 1.807) is 6.92 Å². The number of carbonyl (C=O) groups is 1. The molecule has 0 aromatic heterocycles. The van der Waals surface area contributed by atoms with Crippen molar-refractivity contribution in [3.8, 4) is 0 Å². The van der Waals surface area contributed by atoms with Gasteiger partial charge < -0.3 is 0 Å². The maximum Gasteiger partial charge on any atom is 0.136 e. The molecule has 70 valence electrons. The molecule has 1 heteroatoms. The molecule has 1 aliphatic carbocycles. The number of carbonyl (C=O) groups excluding carboxylic acids is 1. The second kappa shape index (κ2) is 2.58. The Morgan fingerprint density at radius 1 is 1.33 bits per heavy atom. The zero-order chi connectivity index (χ0) is 9.57. The molecular formula is C11H20O. The first-order chi connectivity index (χ1) is 5.32. The molecule has 0 unspecified atom stereocenters.